The Morgan fingerprint density at radius 3 is 2.27 bits per heavy atom. The number of nitrogens with zero attached hydrogens (tertiary/aromatic N) is 1. The molecule has 2 aromatic rings. The molecule has 0 aliphatic carbocycles. The van der Waals surface area contributed by atoms with Crippen LogP contribution >= 0.6 is 0 Å². The van der Waals surface area contributed by atoms with E-state index in [2.05, 4.69) is 10.6 Å². The van der Waals surface area contributed by atoms with Crippen molar-refractivity contribution in [3.63, 3.8) is 0 Å². The summed E-state index contributed by atoms with van der Waals surface area (Å²) in [5, 5.41) is 7.54. The van der Waals surface area contributed by atoms with Gasteiger partial charge in [-0.15, -0.1) is 0 Å². The number of hydrogen-bond donors (Lipinski definition) is 2. The topological polar surface area (TPSA) is 78.5 Å². The molecule has 1 amide bonds. The molecule has 0 aromatic heterocycles. The van der Waals surface area contributed by atoms with Crippen molar-refractivity contribution >= 4 is 27.7 Å². The lowest BCUT2D eigenvalue weighted by Gasteiger charge is -2.29. The number of para-hydroxylation sites is 1. The van der Waals surface area contributed by atoms with Gasteiger partial charge in [-0.2, -0.15) is 4.31 Å². The Hall–Kier alpha value is -2.64. The van der Waals surface area contributed by atoms with E-state index < -0.39 is 10.0 Å². The van der Waals surface area contributed by atoms with Crippen molar-refractivity contribution < 1.29 is 13.2 Å². The van der Waals surface area contributed by atoms with Crippen molar-refractivity contribution in [1.29, 1.82) is 0 Å². The molecule has 3 rings (SSSR count). The molecule has 7 heteroatoms. The van der Waals surface area contributed by atoms with Crippen LogP contribution in [0.2, 0.25) is 0 Å². The van der Waals surface area contributed by atoms with Crippen LogP contribution in [0.5, 0.6) is 0 Å². The number of benzene rings is 2. The molecule has 2 aromatic carbocycles. The number of carbonyl (C=O) groups excluding carboxylic acids is 1. The smallest absolute Gasteiger partial charge is 0.236 e. The zero-order valence-electron chi connectivity index (χ0n) is 17.0. The van der Waals surface area contributed by atoms with Gasteiger partial charge in [0.05, 0.1) is 0 Å². The molecule has 6 nitrogen and oxygen atoms in total. The summed E-state index contributed by atoms with van der Waals surface area (Å²) in [6, 6.07) is 19.3. The first kappa shape index (κ1) is 22.1. The number of hydrogen-bond acceptors (Lipinski definition) is 4. The van der Waals surface area contributed by atoms with Crippen molar-refractivity contribution in [3.8, 4) is 0 Å². The molecular formula is C23H29N3O3S. The Bertz CT molecular complexity index is 923. The molecule has 1 aliphatic rings. The van der Waals surface area contributed by atoms with E-state index in [9.17, 15) is 13.2 Å². The van der Waals surface area contributed by atoms with E-state index in [1.54, 1.807) is 6.08 Å². The minimum absolute atomic E-state index is 0.0200. The molecular weight excluding hydrogens is 398 g/mol. The van der Waals surface area contributed by atoms with Crippen LogP contribution in [0.25, 0.3) is 6.08 Å². The minimum atomic E-state index is -3.47. The average Bonchev–Trinajstić information content (AvgIpc) is 2.79. The van der Waals surface area contributed by atoms with Gasteiger partial charge < -0.3 is 10.6 Å². The van der Waals surface area contributed by atoms with Gasteiger partial charge in [-0.25, -0.2) is 8.42 Å². The number of rotatable bonds is 9. The summed E-state index contributed by atoms with van der Waals surface area (Å²) in [7, 11) is -3.47. The normalized spacial score (nSPS) is 15.9. The van der Waals surface area contributed by atoms with Crippen LogP contribution in [0, 0.1) is 5.92 Å². The molecule has 2 N–H and O–H groups in total. The van der Waals surface area contributed by atoms with Gasteiger partial charge in [0.1, 0.15) is 0 Å². The number of sulfonamides is 1. The van der Waals surface area contributed by atoms with Crippen molar-refractivity contribution in [2.45, 2.75) is 19.3 Å². The Morgan fingerprint density at radius 2 is 1.60 bits per heavy atom. The largest absolute Gasteiger partial charge is 0.385 e. The fourth-order valence-corrected chi connectivity index (χ4v) is 4.64. The number of carbonyl (C=O) groups is 1. The van der Waals surface area contributed by atoms with Crippen LogP contribution in [-0.2, 0) is 14.8 Å². The highest BCUT2D eigenvalue weighted by Crippen LogP contribution is 2.21. The number of nitrogens with one attached hydrogen (secondary N) is 2. The van der Waals surface area contributed by atoms with Gasteiger partial charge in [0.2, 0.25) is 15.9 Å². The van der Waals surface area contributed by atoms with Crippen LogP contribution in [-0.4, -0.2) is 44.8 Å². The first-order valence-corrected chi connectivity index (χ1v) is 11.8. The molecule has 30 heavy (non-hydrogen) atoms. The summed E-state index contributed by atoms with van der Waals surface area (Å²) < 4.78 is 26.5. The number of piperidine rings is 1. The quantitative estimate of drug-likeness (QED) is 0.602. The first-order chi connectivity index (χ1) is 14.5. The molecule has 1 saturated heterocycles. The Kier molecular flexibility index (Phi) is 8.04. The Morgan fingerprint density at radius 1 is 0.967 bits per heavy atom. The van der Waals surface area contributed by atoms with Crippen molar-refractivity contribution in [1.82, 2.24) is 9.62 Å². The molecule has 1 fully saturated rings. The monoisotopic (exact) mass is 427 g/mol. The van der Waals surface area contributed by atoms with E-state index in [1.807, 2.05) is 60.7 Å². The standard InChI is InChI=1S/C23H29N3O3S/c27-23(25-16-7-15-24-22-10-5-2-6-11-22)21-12-17-26(18-13-21)30(28,29)19-14-20-8-3-1-4-9-20/h1-6,8-11,14,19,21,24H,7,12-13,15-18H2,(H,25,27)/b19-14+. The fraction of sp³-hybridized carbons (Fsp3) is 0.348. The summed E-state index contributed by atoms with van der Waals surface area (Å²) in [6.45, 7) is 2.13. The predicted molar refractivity (Wildman–Crippen MR) is 121 cm³/mol. The average molecular weight is 428 g/mol. The van der Waals surface area contributed by atoms with Crippen LogP contribution in [0.1, 0.15) is 24.8 Å². The second kappa shape index (κ2) is 10.9. The lowest BCUT2D eigenvalue weighted by Crippen LogP contribution is -2.42. The predicted octanol–water partition coefficient (Wildman–Crippen LogP) is 3.32. The molecule has 1 heterocycles. The summed E-state index contributed by atoms with van der Waals surface area (Å²) >= 11 is 0. The van der Waals surface area contributed by atoms with E-state index in [1.165, 1.54) is 9.71 Å². The van der Waals surface area contributed by atoms with Crippen LogP contribution in [0.3, 0.4) is 0 Å². The van der Waals surface area contributed by atoms with Gasteiger partial charge in [0.15, 0.2) is 0 Å². The summed E-state index contributed by atoms with van der Waals surface area (Å²) in [5.41, 5.74) is 1.91. The van der Waals surface area contributed by atoms with Crippen LogP contribution < -0.4 is 10.6 Å². The first-order valence-electron chi connectivity index (χ1n) is 10.3. The maximum absolute atomic E-state index is 12.5. The van der Waals surface area contributed by atoms with E-state index >= 15 is 0 Å². The maximum atomic E-state index is 12.5. The second-order valence-corrected chi connectivity index (χ2v) is 9.19. The van der Waals surface area contributed by atoms with Crippen molar-refractivity contribution in [2.75, 3.05) is 31.5 Å². The van der Waals surface area contributed by atoms with E-state index in [0.29, 0.717) is 32.5 Å². The van der Waals surface area contributed by atoms with Gasteiger partial charge in [0.25, 0.3) is 0 Å². The van der Waals surface area contributed by atoms with Gasteiger partial charge in [0, 0.05) is 43.2 Å². The molecule has 0 unspecified atom stereocenters. The van der Waals surface area contributed by atoms with Gasteiger partial charge in [-0.1, -0.05) is 48.5 Å². The highest BCUT2D eigenvalue weighted by Gasteiger charge is 2.29. The van der Waals surface area contributed by atoms with E-state index in [4.69, 9.17) is 0 Å². The molecule has 0 saturated carbocycles. The second-order valence-electron chi connectivity index (χ2n) is 7.37. The minimum Gasteiger partial charge on any atom is -0.385 e. The lowest BCUT2D eigenvalue weighted by molar-refractivity contribution is -0.126. The highest BCUT2D eigenvalue weighted by molar-refractivity contribution is 7.92. The van der Waals surface area contributed by atoms with Crippen LogP contribution in [0.4, 0.5) is 5.69 Å². The maximum Gasteiger partial charge on any atom is 0.236 e. The third-order valence-corrected chi connectivity index (χ3v) is 6.74. The molecule has 0 spiro atoms. The van der Waals surface area contributed by atoms with Crippen molar-refractivity contribution in [2.24, 2.45) is 5.92 Å². The summed E-state index contributed by atoms with van der Waals surface area (Å²) in [4.78, 5) is 12.4. The van der Waals surface area contributed by atoms with Crippen molar-refractivity contribution in [3.05, 3.63) is 71.6 Å². The molecule has 0 bridgehead atoms. The van der Waals surface area contributed by atoms with E-state index in [0.717, 1.165) is 24.2 Å². The number of amides is 1. The van der Waals surface area contributed by atoms with Gasteiger partial charge in [-0.3, -0.25) is 4.79 Å². The molecule has 1 aliphatic heterocycles. The lowest BCUT2D eigenvalue weighted by atomic mass is 9.97. The Labute approximate surface area is 179 Å². The zero-order valence-corrected chi connectivity index (χ0v) is 17.9. The van der Waals surface area contributed by atoms with Gasteiger partial charge in [-0.05, 0) is 43.0 Å². The highest BCUT2D eigenvalue weighted by atomic mass is 32.2. The fourth-order valence-electron chi connectivity index (χ4n) is 3.42. The van der Waals surface area contributed by atoms with Gasteiger partial charge >= 0.3 is 0 Å². The summed E-state index contributed by atoms with van der Waals surface area (Å²) in [5.74, 6) is -0.108. The SMILES string of the molecule is O=C(NCCCNc1ccccc1)C1CCN(S(=O)(=O)/C=C/c2ccccc2)CC1. The van der Waals surface area contributed by atoms with Crippen LogP contribution in [0.15, 0.2) is 66.1 Å². The Balaban J connectivity index is 1.37. The third-order valence-electron chi connectivity index (χ3n) is 5.17. The molecule has 160 valence electrons. The zero-order chi connectivity index (χ0) is 21.2. The molecule has 0 atom stereocenters. The summed E-state index contributed by atoms with van der Waals surface area (Å²) in [6.07, 6.45) is 3.54. The van der Waals surface area contributed by atoms with E-state index in [-0.39, 0.29) is 11.8 Å². The molecule has 0 radical (unpaired) electrons. The number of anilines is 1. The third kappa shape index (κ3) is 6.71.